The van der Waals surface area contributed by atoms with Crippen molar-refractivity contribution < 1.29 is 18.0 Å². The van der Waals surface area contributed by atoms with E-state index < -0.39 is 17.0 Å². The first kappa shape index (κ1) is 17.0. The van der Waals surface area contributed by atoms with Crippen LogP contribution in [0.25, 0.3) is 0 Å². The maximum atomic E-state index is 12.9. The highest BCUT2D eigenvalue weighted by Crippen LogP contribution is 2.37. The maximum absolute atomic E-state index is 12.9. The fraction of sp³-hybridized carbons (Fsp3) is 0.0714. The average Bonchev–Trinajstić information content (AvgIpc) is 2.42. The van der Waals surface area contributed by atoms with Crippen LogP contribution >= 0.6 is 35.0 Å². The third-order valence-corrected chi connectivity index (χ3v) is 3.83. The summed E-state index contributed by atoms with van der Waals surface area (Å²) < 4.78 is 38.8. The van der Waals surface area contributed by atoms with Crippen LogP contribution in [0.1, 0.15) is 5.56 Å². The molecule has 0 bridgehead atoms. The molecule has 0 spiro atoms. The molecule has 0 heterocycles. The summed E-state index contributed by atoms with van der Waals surface area (Å²) in [7, 11) is 0. The van der Waals surface area contributed by atoms with Crippen molar-refractivity contribution in [1.29, 1.82) is 0 Å². The highest BCUT2D eigenvalue weighted by molar-refractivity contribution is 8.13. The zero-order valence-electron chi connectivity index (χ0n) is 10.7. The van der Waals surface area contributed by atoms with Crippen molar-refractivity contribution in [3.8, 4) is 0 Å². The number of halogens is 5. The Morgan fingerprint density at radius 3 is 2.18 bits per heavy atom. The van der Waals surface area contributed by atoms with E-state index in [2.05, 4.69) is 5.32 Å². The SMILES string of the molecule is O=C(Nc1ccc(Cl)cc1C(F)(F)F)Sc1ccc(Cl)cc1. The molecule has 2 nitrogen and oxygen atoms in total. The van der Waals surface area contributed by atoms with Gasteiger partial charge in [-0.15, -0.1) is 0 Å². The van der Waals surface area contributed by atoms with Crippen LogP contribution in [0.5, 0.6) is 0 Å². The van der Waals surface area contributed by atoms with Gasteiger partial charge in [0.05, 0.1) is 11.3 Å². The lowest BCUT2D eigenvalue weighted by Gasteiger charge is -2.13. The molecular formula is C14H8Cl2F3NOS. The lowest BCUT2D eigenvalue weighted by atomic mass is 10.1. The minimum Gasteiger partial charge on any atom is -0.316 e. The van der Waals surface area contributed by atoms with Crippen LogP contribution in [0.3, 0.4) is 0 Å². The first-order valence-electron chi connectivity index (χ1n) is 5.87. The van der Waals surface area contributed by atoms with E-state index in [4.69, 9.17) is 23.2 Å². The smallest absolute Gasteiger partial charge is 0.316 e. The molecule has 116 valence electrons. The largest absolute Gasteiger partial charge is 0.418 e. The number of thioether (sulfide) groups is 1. The topological polar surface area (TPSA) is 29.1 Å². The Balaban J connectivity index is 2.16. The number of amides is 1. The predicted molar refractivity (Wildman–Crippen MR) is 82.8 cm³/mol. The van der Waals surface area contributed by atoms with E-state index in [1.165, 1.54) is 6.07 Å². The fourth-order valence-corrected chi connectivity index (χ4v) is 2.55. The molecule has 0 unspecified atom stereocenters. The van der Waals surface area contributed by atoms with Crippen LogP contribution in [0, 0.1) is 0 Å². The molecule has 2 aromatic rings. The van der Waals surface area contributed by atoms with Gasteiger partial charge in [-0.1, -0.05) is 23.2 Å². The van der Waals surface area contributed by atoms with Gasteiger partial charge in [-0.3, -0.25) is 4.79 Å². The van der Waals surface area contributed by atoms with Gasteiger partial charge in [0.1, 0.15) is 0 Å². The van der Waals surface area contributed by atoms with Gasteiger partial charge >= 0.3 is 6.18 Å². The minimum atomic E-state index is -4.61. The number of rotatable bonds is 2. The van der Waals surface area contributed by atoms with Gasteiger partial charge in [0.25, 0.3) is 5.24 Å². The molecular weight excluding hydrogens is 358 g/mol. The quantitative estimate of drug-likeness (QED) is 0.629. The highest BCUT2D eigenvalue weighted by Gasteiger charge is 2.34. The molecule has 0 aliphatic carbocycles. The number of nitrogens with one attached hydrogen (secondary N) is 1. The molecule has 0 aliphatic rings. The molecule has 0 aromatic heterocycles. The van der Waals surface area contributed by atoms with Crippen LogP contribution in [-0.2, 0) is 6.18 Å². The second kappa shape index (κ2) is 6.81. The maximum Gasteiger partial charge on any atom is 0.418 e. The number of benzene rings is 2. The summed E-state index contributed by atoms with van der Waals surface area (Å²) in [5.41, 5.74) is -1.34. The highest BCUT2D eigenvalue weighted by atomic mass is 35.5. The Hall–Kier alpha value is -1.37. The van der Waals surface area contributed by atoms with Crippen molar-refractivity contribution in [2.75, 3.05) is 5.32 Å². The van der Waals surface area contributed by atoms with E-state index in [0.717, 1.165) is 23.9 Å². The van der Waals surface area contributed by atoms with Gasteiger partial charge < -0.3 is 5.32 Å². The predicted octanol–water partition coefficient (Wildman–Crippen LogP) is 6.34. The molecule has 0 aliphatic heterocycles. The number of hydrogen-bond donors (Lipinski definition) is 1. The third kappa shape index (κ3) is 4.56. The Morgan fingerprint density at radius 2 is 1.59 bits per heavy atom. The molecule has 1 N–H and O–H groups in total. The van der Waals surface area contributed by atoms with Crippen LogP contribution in [-0.4, -0.2) is 5.24 Å². The standard InChI is InChI=1S/C14H8Cl2F3NOS/c15-8-1-4-10(5-2-8)22-13(21)20-12-6-3-9(16)7-11(12)14(17,18)19/h1-7H,(H,20,21). The molecule has 0 saturated carbocycles. The van der Waals surface area contributed by atoms with Crippen molar-refractivity contribution in [3.63, 3.8) is 0 Å². The van der Waals surface area contributed by atoms with Gasteiger partial charge in [0.2, 0.25) is 0 Å². The Bertz CT molecular complexity index is 689. The van der Waals surface area contributed by atoms with E-state index in [-0.39, 0.29) is 10.7 Å². The first-order chi connectivity index (χ1) is 10.3. The first-order valence-corrected chi connectivity index (χ1v) is 7.44. The summed E-state index contributed by atoms with van der Waals surface area (Å²) in [4.78, 5) is 12.4. The fourth-order valence-electron chi connectivity index (χ4n) is 1.61. The molecule has 2 aromatic carbocycles. The second-order valence-electron chi connectivity index (χ2n) is 4.16. The van der Waals surface area contributed by atoms with Crippen molar-refractivity contribution in [2.45, 2.75) is 11.1 Å². The summed E-state index contributed by atoms with van der Waals surface area (Å²) in [5, 5.41) is 2.02. The molecule has 0 saturated heterocycles. The molecule has 22 heavy (non-hydrogen) atoms. The molecule has 1 amide bonds. The van der Waals surface area contributed by atoms with E-state index in [9.17, 15) is 18.0 Å². The Kier molecular flexibility index (Phi) is 5.26. The summed E-state index contributed by atoms with van der Waals surface area (Å²) >= 11 is 12.1. The van der Waals surface area contributed by atoms with Crippen LogP contribution in [0.2, 0.25) is 10.0 Å². The summed E-state index contributed by atoms with van der Waals surface area (Å²) in [6, 6.07) is 9.52. The molecule has 0 radical (unpaired) electrons. The van der Waals surface area contributed by atoms with Gasteiger partial charge in [0.15, 0.2) is 0 Å². The lowest BCUT2D eigenvalue weighted by Crippen LogP contribution is -2.13. The van der Waals surface area contributed by atoms with Gasteiger partial charge in [-0.05, 0) is 54.2 Å². The summed E-state index contributed by atoms with van der Waals surface area (Å²) in [6.07, 6.45) is -4.61. The number of carbonyl (C=O) groups is 1. The zero-order valence-corrected chi connectivity index (χ0v) is 13.1. The minimum absolute atomic E-state index is 0.0596. The van der Waals surface area contributed by atoms with E-state index in [0.29, 0.717) is 9.92 Å². The van der Waals surface area contributed by atoms with Crippen LogP contribution in [0.4, 0.5) is 23.7 Å². The van der Waals surface area contributed by atoms with Gasteiger partial charge in [-0.25, -0.2) is 0 Å². The number of alkyl halides is 3. The van der Waals surface area contributed by atoms with Crippen LogP contribution in [0.15, 0.2) is 47.4 Å². The Morgan fingerprint density at radius 1 is 1.00 bits per heavy atom. The molecule has 8 heteroatoms. The van der Waals surface area contributed by atoms with Crippen molar-refractivity contribution in [2.24, 2.45) is 0 Å². The summed E-state index contributed by atoms with van der Waals surface area (Å²) in [5.74, 6) is 0. The average molecular weight is 366 g/mol. The third-order valence-electron chi connectivity index (χ3n) is 2.55. The normalized spacial score (nSPS) is 11.3. The zero-order chi connectivity index (χ0) is 16.3. The lowest BCUT2D eigenvalue weighted by molar-refractivity contribution is -0.136. The number of hydrogen-bond acceptors (Lipinski definition) is 2. The molecule has 0 atom stereocenters. The van der Waals surface area contributed by atoms with Crippen LogP contribution < -0.4 is 5.32 Å². The van der Waals surface area contributed by atoms with Crippen molar-refractivity contribution >= 4 is 45.9 Å². The van der Waals surface area contributed by atoms with Crippen molar-refractivity contribution in [3.05, 3.63) is 58.1 Å². The number of anilines is 1. The monoisotopic (exact) mass is 365 g/mol. The second-order valence-corrected chi connectivity index (χ2v) is 6.08. The van der Waals surface area contributed by atoms with E-state index in [1.807, 2.05) is 0 Å². The summed E-state index contributed by atoms with van der Waals surface area (Å²) in [6.45, 7) is 0. The van der Waals surface area contributed by atoms with E-state index in [1.54, 1.807) is 24.3 Å². The Labute approximate surface area is 138 Å². The molecule has 0 fully saturated rings. The van der Waals surface area contributed by atoms with Gasteiger partial charge in [-0.2, -0.15) is 13.2 Å². The molecule has 2 rings (SSSR count). The number of carbonyl (C=O) groups excluding carboxylic acids is 1. The van der Waals surface area contributed by atoms with E-state index >= 15 is 0 Å². The van der Waals surface area contributed by atoms with Gasteiger partial charge in [0, 0.05) is 14.9 Å². The van der Waals surface area contributed by atoms with Crippen molar-refractivity contribution in [1.82, 2.24) is 0 Å².